The SMILES string of the molecule is Fc1ccc(-c2nnc3sc(-c4nn5c(-c6ccc(F)cc6)nnc5s4)nn23)cc1. The highest BCUT2D eigenvalue weighted by Crippen LogP contribution is 2.32. The van der Waals surface area contributed by atoms with Crippen LogP contribution in [0.5, 0.6) is 0 Å². The second kappa shape index (κ2) is 6.43. The van der Waals surface area contributed by atoms with Crippen LogP contribution in [0, 0.1) is 11.6 Å². The minimum atomic E-state index is -0.324. The molecule has 8 nitrogen and oxygen atoms in total. The second-order valence-electron chi connectivity index (χ2n) is 6.26. The first-order chi connectivity index (χ1) is 14.7. The van der Waals surface area contributed by atoms with E-state index in [0.717, 1.165) is 0 Å². The van der Waals surface area contributed by atoms with E-state index in [0.29, 0.717) is 42.7 Å². The number of nitrogens with zero attached hydrogens (tertiary/aromatic N) is 8. The standard InChI is InChI=1S/C18H8F2N8S2/c19-11-5-1-9(2-6-11)13-21-23-17-27(13)25-15(29-17)16-26-28-14(22-24-18(28)30-16)10-3-7-12(20)8-4-10/h1-8H. The minimum Gasteiger partial charge on any atom is -0.207 e. The van der Waals surface area contributed by atoms with E-state index >= 15 is 0 Å². The van der Waals surface area contributed by atoms with E-state index < -0.39 is 0 Å². The average Bonchev–Trinajstić information content (AvgIpc) is 3.49. The molecule has 0 unspecified atom stereocenters. The molecule has 0 N–H and O–H groups in total. The van der Waals surface area contributed by atoms with Crippen molar-refractivity contribution in [1.82, 2.24) is 39.6 Å². The molecule has 4 aromatic heterocycles. The predicted molar refractivity (Wildman–Crippen MR) is 107 cm³/mol. The van der Waals surface area contributed by atoms with E-state index in [1.807, 2.05) is 0 Å². The number of hydrogen-bond donors (Lipinski definition) is 0. The van der Waals surface area contributed by atoms with Gasteiger partial charge < -0.3 is 0 Å². The zero-order valence-corrected chi connectivity index (χ0v) is 16.4. The molecule has 6 aromatic rings. The topological polar surface area (TPSA) is 86.2 Å². The fraction of sp³-hybridized carbons (Fsp3) is 0. The van der Waals surface area contributed by atoms with Crippen molar-refractivity contribution < 1.29 is 8.78 Å². The van der Waals surface area contributed by atoms with Gasteiger partial charge in [0.2, 0.25) is 9.92 Å². The molecular formula is C18H8F2N8S2. The number of benzene rings is 2. The highest BCUT2D eigenvalue weighted by molar-refractivity contribution is 7.26. The Labute approximate surface area is 174 Å². The van der Waals surface area contributed by atoms with Gasteiger partial charge in [-0.25, -0.2) is 8.78 Å². The number of rotatable bonds is 3. The predicted octanol–water partition coefficient (Wildman–Crippen LogP) is 3.96. The fourth-order valence-corrected chi connectivity index (χ4v) is 4.65. The molecule has 0 amide bonds. The van der Waals surface area contributed by atoms with E-state index in [4.69, 9.17) is 0 Å². The Morgan fingerprint density at radius 3 is 1.37 bits per heavy atom. The molecule has 0 aliphatic heterocycles. The molecule has 6 rings (SSSR count). The smallest absolute Gasteiger partial charge is 0.207 e. The lowest BCUT2D eigenvalue weighted by molar-refractivity contribution is 0.627. The van der Waals surface area contributed by atoms with Crippen LogP contribution >= 0.6 is 22.7 Å². The molecule has 146 valence electrons. The van der Waals surface area contributed by atoms with Crippen molar-refractivity contribution in [2.75, 3.05) is 0 Å². The van der Waals surface area contributed by atoms with Gasteiger partial charge in [0.05, 0.1) is 0 Å². The van der Waals surface area contributed by atoms with E-state index in [2.05, 4.69) is 30.6 Å². The van der Waals surface area contributed by atoms with Gasteiger partial charge in [-0.1, -0.05) is 22.7 Å². The van der Waals surface area contributed by atoms with Gasteiger partial charge >= 0.3 is 0 Å². The fourth-order valence-electron chi connectivity index (χ4n) is 2.96. The maximum atomic E-state index is 13.2. The molecular weight excluding hydrogens is 430 g/mol. The number of hydrogen-bond acceptors (Lipinski definition) is 8. The van der Waals surface area contributed by atoms with Crippen molar-refractivity contribution in [3.05, 3.63) is 60.2 Å². The van der Waals surface area contributed by atoms with Crippen molar-refractivity contribution in [2.45, 2.75) is 0 Å². The third-order valence-electron chi connectivity index (χ3n) is 4.37. The van der Waals surface area contributed by atoms with Crippen molar-refractivity contribution in [2.24, 2.45) is 0 Å². The van der Waals surface area contributed by atoms with Crippen molar-refractivity contribution in [3.8, 4) is 32.8 Å². The molecule has 4 heterocycles. The van der Waals surface area contributed by atoms with E-state index in [1.165, 1.54) is 46.9 Å². The zero-order valence-electron chi connectivity index (χ0n) is 14.8. The summed E-state index contributed by atoms with van der Waals surface area (Å²) in [4.78, 5) is 1.18. The molecule has 12 heteroatoms. The van der Waals surface area contributed by atoms with Gasteiger partial charge in [0.25, 0.3) is 0 Å². The van der Waals surface area contributed by atoms with Gasteiger partial charge in [-0.05, 0) is 48.5 Å². The normalized spacial score (nSPS) is 11.7. The summed E-state index contributed by atoms with van der Waals surface area (Å²) in [5, 5.41) is 27.1. The Hall–Kier alpha value is -3.64. The monoisotopic (exact) mass is 438 g/mol. The molecule has 0 aliphatic carbocycles. The summed E-state index contributed by atoms with van der Waals surface area (Å²) in [7, 11) is 0. The molecule has 0 atom stereocenters. The Kier molecular flexibility index (Phi) is 3.70. The van der Waals surface area contributed by atoms with Crippen LogP contribution in [0.4, 0.5) is 8.78 Å². The van der Waals surface area contributed by atoms with Crippen LogP contribution in [0.1, 0.15) is 0 Å². The zero-order chi connectivity index (χ0) is 20.2. The third-order valence-corrected chi connectivity index (χ3v) is 6.31. The molecule has 2 aromatic carbocycles. The Balaban J connectivity index is 1.43. The van der Waals surface area contributed by atoms with Crippen LogP contribution in [-0.2, 0) is 0 Å². The van der Waals surface area contributed by atoms with E-state index in [-0.39, 0.29) is 11.6 Å². The summed E-state index contributed by atoms with van der Waals surface area (Å²) >= 11 is 2.66. The summed E-state index contributed by atoms with van der Waals surface area (Å²) in [6.07, 6.45) is 0. The number of halogens is 2. The molecule has 0 bridgehead atoms. The lowest BCUT2D eigenvalue weighted by atomic mass is 10.2. The van der Waals surface area contributed by atoms with Crippen LogP contribution in [0.2, 0.25) is 0 Å². The van der Waals surface area contributed by atoms with Crippen molar-refractivity contribution in [3.63, 3.8) is 0 Å². The summed E-state index contributed by atoms with van der Waals surface area (Å²) in [5.41, 5.74) is 1.41. The minimum absolute atomic E-state index is 0.324. The first-order valence-electron chi connectivity index (χ1n) is 8.62. The largest absolute Gasteiger partial charge is 0.235 e. The summed E-state index contributed by atoms with van der Waals surface area (Å²) < 4.78 is 29.7. The molecule has 0 aliphatic rings. The Morgan fingerprint density at radius 2 is 0.967 bits per heavy atom. The lowest BCUT2D eigenvalue weighted by Gasteiger charge is -1.96. The third kappa shape index (κ3) is 2.69. The second-order valence-corrected chi connectivity index (χ2v) is 8.18. The van der Waals surface area contributed by atoms with Gasteiger partial charge in [0.15, 0.2) is 21.7 Å². The molecule has 0 saturated carbocycles. The van der Waals surface area contributed by atoms with Crippen LogP contribution < -0.4 is 0 Å². The first kappa shape index (κ1) is 17.2. The highest BCUT2D eigenvalue weighted by Gasteiger charge is 2.19. The first-order valence-corrected chi connectivity index (χ1v) is 10.3. The molecule has 30 heavy (non-hydrogen) atoms. The molecule has 0 spiro atoms. The van der Waals surface area contributed by atoms with E-state index in [1.54, 1.807) is 33.3 Å². The van der Waals surface area contributed by atoms with Crippen LogP contribution in [0.3, 0.4) is 0 Å². The van der Waals surface area contributed by atoms with Crippen LogP contribution in [0.25, 0.3) is 42.7 Å². The van der Waals surface area contributed by atoms with Crippen LogP contribution in [-0.4, -0.2) is 39.6 Å². The quantitative estimate of drug-likeness (QED) is 0.416. The Morgan fingerprint density at radius 1 is 0.567 bits per heavy atom. The van der Waals surface area contributed by atoms with Gasteiger partial charge in [0, 0.05) is 11.1 Å². The molecule has 0 saturated heterocycles. The highest BCUT2D eigenvalue weighted by atomic mass is 32.1. The number of aromatic nitrogens is 8. The maximum absolute atomic E-state index is 13.2. The van der Waals surface area contributed by atoms with Crippen molar-refractivity contribution in [1.29, 1.82) is 0 Å². The summed E-state index contributed by atoms with van der Waals surface area (Å²) in [6.45, 7) is 0. The van der Waals surface area contributed by atoms with Gasteiger partial charge in [-0.15, -0.1) is 30.6 Å². The lowest BCUT2D eigenvalue weighted by Crippen LogP contribution is -1.93. The van der Waals surface area contributed by atoms with Gasteiger partial charge in [-0.2, -0.15) is 9.03 Å². The van der Waals surface area contributed by atoms with Gasteiger partial charge in [-0.3, -0.25) is 0 Å². The maximum Gasteiger partial charge on any atom is 0.235 e. The number of fused-ring (bicyclic) bond motifs is 2. The Bertz CT molecular complexity index is 1400. The van der Waals surface area contributed by atoms with E-state index in [9.17, 15) is 8.78 Å². The van der Waals surface area contributed by atoms with Crippen LogP contribution in [0.15, 0.2) is 48.5 Å². The summed E-state index contributed by atoms with van der Waals surface area (Å²) in [5.74, 6) is 0.385. The molecule has 0 radical (unpaired) electrons. The molecule has 0 fully saturated rings. The average molecular weight is 438 g/mol. The van der Waals surface area contributed by atoms with Gasteiger partial charge in [0.1, 0.15) is 11.6 Å². The summed E-state index contributed by atoms with van der Waals surface area (Å²) in [6, 6.07) is 12.0. The van der Waals surface area contributed by atoms with Crippen molar-refractivity contribution >= 4 is 32.6 Å².